The number of ether oxygens (including phenoxy) is 1. The first-order valence-corrected chi connectivity index (χ1v) is 13.5. The van der Waals surface area contributed by atoms with Gasteiger partial charge in [-0.15, -0.1) is 0 Å². The monoisotopic (exact) mass is 566 g/mol. The summed E-state index contributed by atoms with van der Waals surface area (Å²) in [6.07, 6.45) is -2.83. The van der Waals surface area contributed by atoms with Crippen molar-refractivity contribution in [3.8, 4) is 5.75 Å². The van der Waals surface area contributed by atoms with E-state index < -0.39 is 28.9 Å². The zero-order chi connectivity index (χ0) is 29.4. The Labute approximate surface area is 233 Å². The Morgan fingerprint density at radius 2 is 1.73 bits per heavy atom. The maximum absolute atomic E-state index is 13.5. The van der Waals surface area contributed by atoms with Gasteiger partial charge in [0.05, 0.1) is 12.2 Å². The van der Waals surface area contributed by atoms with Gasteiger partial charge in [0.1, 0.15) is 16.9 Å². The molecule has 7 nitrogen and oxygen atoms in total. The van der Waals surface area contributed by atoms with Gasteiger partial charge in [-0.2, -0.15) is 13.2 Å². The van der Waals surface area contributed by atoms with Crippen LogP contribution >= 0.6 is 0 Å². The number of unbranched alkanes of at least 4 members (excludes halogenated alkanes) is 1. The van der Waals surface area contributed by atoms with Gasteiger partial charge in [-0.05, 0) is 60.7 Å². The molecule has 0 saturated carbocycles. The van der Waals surface area contributed by atoms with Crippen LogP contribution in [0.3, 0.4) is 0 Å². The molecule has 1 saturated heterocycles. The van der Waals surface area contributed by atoms with E-state index in [1.54, 1.807) is 6.92 Å². The second-order valence-electron chi connectivity index (χ2n) is 10.3. The molecule has 3 aromatic carbocycles. The molecule has 1 aliphatic heterocycles. The lowest BCUT2D eigenvalue weighted by atomic mass is 9.90. The topological polar surface area (TPSA) is 88.9 Å². The Morgan fingerprint density at radius 3 is 2.46 bits per heavy atom. The smallest absolute Gasteiger partial charge is 0.417 e. The number of carbonyl (C=O) groups excluding carboxylic acids is 2. The third kappa shape index (κ3) is 5.38. The number of alkyl halides is 3. The van der Waals surface area contributed by atoms with Gasteiger partial charge in [0.25, 0.3) is 5.91 Å². The maximum atomic E-state index is 13.5. The highest BCUT2D eigenvalue weighted by atomic mass is 19.4. The number of nitrogens with one attached hydrogen (secondary N) is 1. The van der Waals surface area contributed by atoms with Gasteiger partial charge in [0.2, 0.25) is 0 Å². The Kier molecular flexibility index (Phi) is 7.50. The second kappa shape index (κ2) is 10.9. The number of imide groups is 1. The quantitative estimate of drug-likeness (QED) is 0.141. The fraction of sp³-hybridized carbons (Fsp3) is 0.323. The highest BCUT2D eigenvalue weighted by molar-refractivity contribution is 6.07. The summed E-state index contributed by atoms with van der Waals surface area (Å²) in [6, 6.07) is 16.1. The predicted molar refractivity (Wildman–Crippen MR) is 148 cm³/mol. The molecule has 4 aromatic rings. The van der Waals surface area contributed by atoms with Crippen molar-refractivity contribution < 1.29 is 31.9 Å². The molecule has 1 aromatic heterocycles. The third-order valence-corrected chi connectivity index (χ3v) is 7.41. The van der Waals surface area contributed by atoms with Crippen molar-refractivity contribution in [1.82, 2.24) is 10.2 Å². The third-order valence-electron chi connectivity index (χ3n) is 7.41. The summed E-state index contributed by atoms with van der Waals surface area (Å²) in [5, 5.41) is 4.63. The highest BCUT2D eigenvalue weighted by Gasteiger charge is 2.48. The minimum Gasteiger partial charge on any atom is -0.493 e. The van der Waals surface area contributed by atoms with E-state index in [4.69, 9.17) is 9.15 Å². The number of aryl methyl sites for hydroxylation is 1. The Hall–Kier alpha value is -4.34. The van der Waals surface area contributed by atoms with Crippen LogP contribution in [0.25, 0.3) is 21.7 Å². The number of halogens is 3. The van der Waals surface area contributed by atoms with E-state index in [-0.39, 0.29) is 30.0 Å². The van der Waals surface area contributed by atoms with Crippen LogP contribution in [0.2, 0.25) is 0 Å². The van der Waals surface area contributed by atoms with Gasteiger partial charge >= 0.3 is 17.8 Å². The van der Waals surface area contributed by atoms with Crippen molar-refractivity contribution in [3.05, 3.63) is 87.8 Å². The molecule has 1 N–H and O–H groups in total. The number of urea groups is 1. The van der Waals surface area contributed by atoms with Crippen LogP contribution < -0.4 is 15.7 Å². The number of nitrogens with zero attached hydrogens (tertiary/aromatic N) is 1. The van der Waals surface area contributed by atoms with Crippen molar-refractivity contribution >= 4 is 33.7 Å². The Bertz CT molecular complexity index is 1700. The average molecular weight is 567 g/mol. The molecule has 1 unspecified atom stereocenters. The van der Waals surface area contributed by atoms with E-state index in [9.17, 15) is 27.6 Å². The molecule has 1 atom stereocenters. The molecule has 0 aliphatic carbocycles. The highest BCUT2D eigenvalue weighted by Crippen LogP contribution is 2.38. The number of amides is 3. The average Bonchev–Trinajstić information content (AvgIpc) is 3.16. The molecule has 10 heteroatoms. The Morgan fingerprint density at radius 1 is 0.976 bits per heavy atom. The second-order valence-corrected chi connectivity index (χ2v) is 10.3. The standard InChI is InChI=1S/C31H29F3N2O5/c1-3-8-23-25(14-13-22-24(31(32,33)34)18-26(37)41-27(22)23)40-16-7-6-15-36-28(38)30(2,35-29(36)39)21-12-11-19-9-4-5-10-20(19)17-21/h4-5,9-14,17-18H,3,6-8,15-16H2,1-2H3,(H,35,39). The van der Waals surface area contributed by atoms with Crippen molar-refractivity contribution in [2.75, 3.05) is 13.2 Å². The van der Waals surface area contributed by atoms with E-state index in [0.29, 0.717) is 48.6 Å². The maximum Gasteiger partial charge on any atom is 0.417 e. The van der Waals surface area contributed by atoms with Crippen molar-refractivity contribution in [2.45, 2.75) is 51.2 Å². The number of carbonyl (C=O) groups is 2. The van der Waals surface area contributed by atoms with Gasteiger partial charge in [0.15, 0.2) is 0 Å². The van der Waals surface area contributed by atoms with Crippen LogP contribution in [0.5, 0.6) is 5.75 Å². The predicted octanol–water partition coefficient (Wildman–Crippen LogP) is 6.54. The van der Waals surface area contributed by atoms with Crippen LogP contribution in [-0.4, -0.2) is 30.0 Å². The number of hydrogen-bond acceptors (Lipinski definition) is 5. The lowest BCUT2D eigenvalue weighted by Crippen LogP contribution is -2.41. The number of rotatable bonds is 9. The minimum atomic E-state index is -4.70. The zero-order valence-corrected chi connectivity index (χ0v) is 22.6. The summed E-state index contributed by atoms with van der Waals surface area (Å²) in [6.45, 7) is 3.92. The summed E-state index contributed by atoms with van der Waals surface area (Å²) in [5.41, 5.74) is -2.34. The molecule has 1 fully saturated rings. The molecule has 2 heterocycles. The van der Waals surface area contributed by atoms with Crippen LogP contribution in [0.15, 0.2) is 69.9 Å². The molecular weight excluding hydrogens is 537 g/mol. The van der Waals surface area contributed by atoms with E-state index >= 15 is 0 Å². The first-order chi connectivity index (χ1) is 19.5. The van der Waals surface area contributed by atoms with Gasteiger partial charge in [0, 0.05) is 23.6 Å². The van der Waals surface area contributed by atoms with Gasteiger partial charge < -0.3 is 14.5 Å². The molecule has 0 bridgehead atoms. The lowest BCUT2D eigenvalue weighted by Gasteiger charge is -2.22. The summed E-state index contributed by atoms with van der Waals surface area (Å²) in [4.78, 5) is 39.2. The SMILES string of the molecule is CCCc1c(OCCCCN2C(=O)NC(C)(c3ccc4ccccc4c3)C2=O)ccc2c(C(F)(F)F)cc(=O)oc12. The summed E-state index contributed by atoms with van der Waals surface area (Å²) in [5.74, 6) is -0.00495. The minimum absolute atomic E-state index is 0.128. The zero-order valence-electron chi connectivity index (χ0n) is 22.6. The molecule has 3 amide bonds. The van der Waals surface area contributed by atoms with Crippen LogP contribution in [0.4, 0.5) is 18.0 Å². The largest absolute Gasteiger partial charge is 0.493 e. The summed E-state index contributed by atoms with van der Waals surface area (Å²) < 4.78 is 51.7. The van der Waals surface area contributed by atoms with E-state index in [2.05, 4.69) is 5.32 Å². The van der Waals surface area contributed by atoms with Gasteiger partial charge in [-0.1, -0.05) is 49.7 Å². The lowest BCUT2D eigenvalue weighted by molar-refractivity contribution is -0.136. The van der Waals surface area contributed by atoms with Crippen molar-refractivity contribution in [3.63, 3.8) is 0 Å². The molecule has 5 rings (SSSR count). The number of benzene rings is 3. The molecule has 0 spiro atoms. The van der Waals surface area contributed by atoms with E-state index in [0.717, 1.165) is 10.8 Å². The van der Waals surface area contributed by atoms with Gasteiger partial charge in [-0.25, -0.2) is 9.59 Å². The van der Waals surface area contributed by atoms with Crippen LogP contribution in [0.1, 0.15) is 49.8 Å². The molecule has 1 aliphatic rings. The molecule has 0 radical (unpaired) electrons. The van der Waals surface area contributed by atoms with Crippen molar-refractivity contribution in [2.24, 2.45) is 0 Å². The summed E-state index contributed by atoms with van der Waals surface area (Å²) in [7, 11) is 0. The Balaban J connectivity index is 1.25. The van der Waals surface area contributed by atoms with E-state index in [1.807, 2.05) is 49.4 Å². The first kappa shape index (κ1) is 28.2. The van der Waals surface area contributed by atoms with Gasteiger partial charge in [-0.3, -0.25) is 9.69 Å². The summed E-state index contributed by atoms with van der Waals surface area (Å²) >= 11 is 0. The molecular formula is C31H29F3N2O5. The van der Waals surface area contributed by atoms with Crippen LogP contribution in [0, 0.1) is 0 Å². The fourth-order valence-electron chi connectivity index (χ4n) is 5.27. The normalized spacial score (nSPS) is 17.4. The molecule has 41 heavy (non-hydrogen) atoms. The van der Waals surface area contributed by atoms with Crippen molar-refractivity contribution in [1.29, 1.82) is 0 Å². The fourth-order valence-corrected chi connectivity index (χ4v) is 5.27. The number of fused-ring (bicyclic) bond motifs is 2. The van der Waals surface area contributed by atoms with E-state index in [1.165, 1.54) is 17.0 Å². The first-order valence-electron chi connectivity index (χ1n) is 13.5. The van der Waals surface area contributed by atoms with Crippen LogP contribution in [-0.2, 0) is 22.9 Å². The number of hydrogen-bond donors (Lipinski definition) is 1. The molecule has 214 valence electrons.